The Kier molecular flexibility index (Phi) is 6.74. The summed E-state index contributed by atoms with van der Waals surface area (Å²) in [6.07, 6.45) is 10.7. The number of aryl methyl sites for hydroxylation is 1. The number of halogens is 2. The van der Waals surface area contributed by atoms with Crippen LogP contribution in [0.4, 0.5) is 8.78 Å². The second-order valence-corrected chi connectivity index (χ2v) is 8.26. The van der Waals surface area contributed by atoms with Crippen LogP contribution in [0.25, 0.3) is 0 Å². The number of unbranched alkanes of at least 4 members (excludes halogenated alkanes) is 1. The van der Waals surface area contributed by atoms with E-state index in [2.05, 4.69) is 16.4 Å². The summed E-state index contributed by atoms with van der Waals surface area (Å²) in [4.78, 5) is 16.4. The van der Waals surface area contributed by atoms with Gasteiger partial charge in [-0.15, -0.1) is 0 Å². The van der Waals surface area contributed by atoms with Gasteiger partial charge in [0.2, 0.25) is 5.91 Å². The van der Waals surface area contributed by atoms with Gasteiger partial charge in [-0.3, -0.25) is 9.78 Å². The van der Waals surface area contributed by atoms with Crippen molar-refractivity contribution in [2.24, 2.45) is 5.92 Å². The Morgan fingerprint density at radius 3 is 2.25 bits per heavy atom. The average Bonchev–Trinajstić information content (AvgIpc) is 3.54. The molecule has 1 amide bonds. The third-order valence-electron chi connectivity index (χ3n) is 6.13. The molecule has 164 valence electrons. The molecule has 1 fully saturated rings. The predicted molar refractivity (Wildman–Crippen MR) is 121 cm³/mol. The number of hydrogen-bond acceptors (Lipinski definition) is 2. The molecule has 0 saturated heterocycles. The molecule has 0 aliphatic heterocycles. The summed E-state index contributed by atoms with van der Waals surface area (Å²) in [6, 6.07) is 16.8. The van der Waals surface area contributed by atoms with Crippen molar-refractivity contribution in [1.29, 1.82) is 0 Å². The summed E-state index contributed by atoms with van der Waals surface area (Å²) in [5.41, 5.74) is 2.78. The smallest absolute Gasteiger partial charge is 0.243 e. The highest BCUT2D eigenvalue weighted by Crippen LogP contribution is 2.59. The monoisotopic (exact) mass is 432 g/mol. The Bertz CT molecular complexity index is 1020. The van der Waals surface area contributed by atoms with E-state index >= 15 is 0 Å². The second kappa shape index (κ2) is 9.86. The maximum atomic E-state index is 13.5. The van der Waals surface area contributed by atoms with Crippen molar-refractivity contribution in [3.05, 3.63) is 114 Å². The molecule has 3 aromatic rings. The van der Waals surface area contributed by atoms with Gasteiger partial charge >= 0.3 is 0 Å². The number of benzene rings is 2. The number of hydrogen-bond donors (Lipinski definition) is 1. The lowest BCUT2D eigenvalue weighted by Gasteiger charge is -2.18. The fraction of sp³-hybridized carbons (Fsp3) is 0.259. The van der Waals surface area contributed by atoms with Gasteiger partial charge in [-0.25, -0.2) is 8.78 Å². The lowest BCUT2D eigenvalue weighted by atomic mass is 9.85. The van der Waals surface area contributed by atoms with Crippen LogP contribution in [0.2, 0.25) is 0 Å². The summed E-state index contributed by atoms with van der Waals surface area (Å²) in [7, 11) is 0. The van der Waals surface area contributed by atoms with E-state index in [0.29, 0.717) is 6.54 Å². The summed E-state index contributed by atoms with van der Waals surface area (Å²) in [5, 5.41) is 2.93. The number of nitrogens with one attached hydrogen (secondary N) is 1. The van der Waals surface area contributed by atoms with Crippen molar-refractivity contribution in [1.82, 2.24) is 10.3 Å². The Hall–Kier alpha value is -3.34. The molecule has 5 heteroatoms. The molecule has 1 unspecified atom stereocenters. The minimum Gasteiger partial charge on any atom is -0.353 e. The molecule has 0 bridgehead atoms. The molecular weight excluding hydrogens is 406 g/mol. The Morgan fingerprint density at radius 2 is 1.66 bits per heavy atom. The maximum Gasteiger partial charge on any atom is 0.243 e. The molecule has 1 atom stereocenters. The van der Waals surface area contributed by atoms with Gasteiger partial charge in [0, 0.05) is 24.4 Å². The van der Waals surface area contributed by atoms with Crippen LogP contribution in [0.1, 0.15) is 36.0 Å². The van der Waals surface area contributed by atoms with Crippen LogP contribution in [-0.2, 0) is 16.6 Å². The first-order chi connectivity index (χ1) is 15.6. The molecule has 2 aromatic carbocycles. The van der Waals surface area contributed by atoms with Crippen molar-refractivity contribution in [3.63, 3.8) is 0 Å². The van der Waals surface area contributed by atoms with Crippen LogP contribution in [0.3, 0.4) is 0 Å². The first kappa shape index (κ1) is 21.9. The van der Waals surface area contributed by atoms with E-state index in [1.165, 1.54) is 29.8 Å². The van der Waals surface area contributed by atoms with Crippen LogP contribution in [0.15, 0.2) is 85.2 Å². The lowest BCUT2D eigenvalue weighted by molar-refractivity contribution is -0.116. The van der Waals surface area contributed by atoms with E-state index in [9.17, 15) is 13.6 Å². The van der Waals surface area contributed by atoms with Gasteiger partial charge in [0.25, 0.3) is 0 Å². The van der Waals surface area contributed by atoms with E-state index in [1.54, 1.807) is 36.5 Å². The summed E-state index contributed by atoms with van der Waals surface area (Å²) >= 11 is 0. The highest BCUT2D eigenvalue weighted by atomic mass is 19.1. The van der Waals surface area contributed by atoms with Gasteiger partial charge in [0.05, 0.1) is 0 Å². The number of pyridine rings is 1. The molecule has 32 heavy (non-hydrogen) atoms. The second-order valence-electron chi connectivity index (χ2n) is 8.26. The van der Waals surface area contributed by atoms with Crippen molar-refractivity contribution in [2.45, 2.75) is 31.1 Å². The quantitative estimate of drug-likeness (QED) is 0.365. The Labute approximate surface area is 187 Å². The summed E-state index contributed by atoms with van der Waals surface area (Å²) < 4.78 is 26.9. The number of carbonyl (C=O) groups excluding carboxylic acids is 1. The molecular formula is C27H26F2N2O. The van der Waals surface area contributed by atoms with Crippen molar-refractivity contribution in [3.8, 4) is 0 Å². The Morgan fingerprint density at radius 1 is 1.00 bits per heavy atom. The number of amides is 1. The Balaban J connectivity index is 1.33. The van der Waals surface area contributed by atoms with Gasteiger partial charge < -0.3 is 5.32 Å². The van der Waals surface area contributed by atoms with Gasteiger partial charge in [0.15, 0.2) is 0 Å². The number of nitrogens with zero attached hydrogens (tertiary/aromatic N) is 1. The van der Waals surface area contributed by atoms with Crippen LogP contribution in [-0.4, -0.2) is 17.4 Å². The minimum atomic E-state index is -0.359. The van der Waals surface area contributed by atoms with Crippen LogP contribution in [0, 0.1) is 17.6 Å². The third kappa shape index (κ3) is 5.10. The molecule has 1 heterocycles. The SMILES string of the molecule is O=C(/C=C/C1CC1(c1ccc(F)cc1)c1ccc(F)cc1)NCCCCc1cccnc1. The first-order valence-electron chi connectivity index (χ1n) is 10.9. The zero-order valence-corrected chi connectivity index (χ0v) is 17.8. The van der Waals surface area contributed by atoms with Crippen molar-refractivity contribution in [2.75, 3.05) is 6.54 Å². The molecule has 1 aliphatic carbocycles. The van der Waals surface area contributed by atoms with E-state index in [-0.39, 0.29) is 28.9 Å². The normalized spacial score (nSPS) is 16.8. The van der Waals surface area contributed by atoms with Gasteiger partial charge in [-0.1, -0.05) is 36.4 Å². The minimum absolute atomic E-state index is 0.0924. The molecule has 3 nitrogen and oxygen atoms in total. The zero-order valence-electron chi connectivity index (χ0n) is 17.8. The fourth-order valence-electron chi connectivity index (χ4n) is 4.32. The van der Waals surface area contributed by atoms with E-state index in [0.717, 1.165) is 36.8 Å². The first-order valence-corrected chi connectivity index (χ1v) is 10.9. The van der Waals surface area contributed by atoms with Crippen molar-refractivity contribution < 1.29 is 13.6 Å². The molecule has 0 spiro atoms. The van der Waals surface area contributed by atoms with E-state index in [4.69, 9.17) is 0 Å². The number of allylic oxidation sites excluding steroid dienone is 1. The van der Waals surface area contributed by atoms with Gasteiger partial charge in [-0.05, 0) is 84.7 Å². The van der Waals surface area contributed by atoms with Crippen LogP contribution in [0.5, 0.6) is 0 Å². The van der Waals surface area contributed by atoms with Crippen molar-refractivity contribution >= 4 is 5.91 Å². The third-order valence-corrected chi connectivity index (χ3v) is 6.13. The number of rotatable bonds is 9. The standard InChI is InChI=1S/C27H26F2N2O/c28-24-11-6-21(7-12-24)27(22-8-13-25(29)14-9-22)18-23(27)10-15-26(32)31-17-2-1-4-20-5-3-16-30-19-20/h3,5-16,19,23H,1-2,4,17-18H2,(H,31,32)/b15-10+. The largest absolute Gasteiger partial charge is 0.353 e. The average molecular weight is 433 g/mol. The van der Waals surface area contributed by atoms with Crippen LogP contribution >= 0.6 is 0 Å². The molecule has 1 aliphatic rings. The molecule has 0 radical (unpaired) electrons. The molecule has 1 N–H and O–H groups in total. The number of aromatic nitrogens is 1. The molecule has 1 aromatic heterocycles. The maximum absolute atomic E-state index is 13.5. The zero-order chi connectivity index (χ0) is 22.4. The predicted octanol–water partition coefficient (Wildman–Crippen LogP) is 5.36. The van der Waals surface area contributed by atoms with Gasteiger partial charge in [-0.2, -0.15) is 0 Å². The highest BCUT2D eigenvalue weighted by Gasteiger charge is 2.55. The summed E-state index contributed by atoms with van der Waals surface area (Å²) in [5.74, 6) is -0.613. The highest BCUT2D eigenvalue weighted by molar-refractivity contribution is 5.87. The number of carbonyl (C=O) groups is 1. The van der Waals surface area contributed by atoms with E-state index in [1.807, 2.05) is 18.3 Å². The molecule has 4 rings (SSSR count). The topological polar surface area (TPSA) is 42.0 Å². The van der Waals surface area contributed by atoms with Gasteiger partial charge in [0.1, 0.15) is 11.6 Å². The molecule has 1 saturated carbocycles. The lowest BCUT2D eigenvalue weighted by Crippen LogP contribution is -2.22. The van der Waals surface area contributed by atoms with Crippen LogP contribution < -0.4 is 5.32 Å². The summed E-state index contributed by atoms with van der Waals surface area (Å²) in [6.45, 7) is 0.620. The fourth-order valence-corrected chi connectivity index (χ4v) is 4.32. The van der Waals surface area contributed by atoms with E-state index < -0.39 is 0 Å².